The van der Waals surface area contributed by atoms with Gasteiger partial charge in [-0.2, -0.15) is 17.0 Å². The maximum absolute atomic E-state index is 12.7. The zero-order valence-corrected chi connectivity index (χ0v) is 13.6. The van der Waals surface area contributed by atoms with Gasteiger partial charge in [0.1, 0.15) is 5.76 Å². The first-order chi connectivity index (χ1) is 11.1. The lowest BCUT2D eigenvalue weighted by Gasteiger charge is -2.28. The molecule has 1 saturated heterocycles. The maximum atomic E-state index is 12.7. The van der Waals surface area contributed by atoms with Crippen LogP contribution in [0.2, 0.25) is 0 Å². The highest BCUT2D eigenvalue weighted by Gasteiger charge is 2.35. The predicted octanol–water partition coefficient (Wildman–Crippen LogP) is 2.04. The smallest absolute Gasteiger partial charge is 0.282 e. The Bertz CT molecular complexity index is 795. The van der Waals surface area contributed by atoms with Crippen molar-refractivity contribution in [3.8, 4) is 11.5 Å². The number of hydrogen-bond donors (Lipinski definition) is 0. The zero-order valence-electron chi connectivity index (χ0n) is 12.8. The molecule has 1 fully saturated rings. The van der Waals surface area contributed by atoms with Crippen LogP contribution >= 0.6 is 0 Å². The molecule has 0 aliphatic carbocycles. The summed E-state index contributed by atoms with van der Waals surface area (Å²) in [7, 11) is -3.37. The monoisotopic (exact) mass is 333 g/mol. The summed E-state index contributed by atoms with van der Waals surface area (Å²) in [5.74, 6) is 1.37. The van der Waals surface area contributed by atoms with E-state index in [2.05, 4.69) is 4.98 Å². The fourth-order valence-electron chi connectivity index (χ4n) is 3.16. The summed E-state index contributed by atoms with van der Waals surface area (Å²) in [6.45, 7) is 2.00. The second kappa shape index (κ2) is 5.74. The highest BCUT2D eigenvalue weighted by atomic mass is 32.2. The molecule has 2 aliphatic heterocycles. The molecule has 3 heterocycles. The summed E-state index contributed by atoms with van der Waals surface area (Å²) in [6.07, 6.45) is 2.46. The Labute approximate surface area is 135 Å². The number of oxazole rings is 1. The minimum Gasteiger partial charge on any atom is -0.441 e. The number of rotatable bonds is 3. The van der Waals surface area contributed by atoms with Crippen molar-refractivity contribution in [3.63, 3.8) is 0 Å². The normalized spacial score (nSPS) is 19.8. The molecule has 0 atom stereocenters. The Morgan fingerprint density at radius 2 is 1.74 bits per heavy atom. The molecular weight excluding hydrogens is 314 g/mol. The summed E-state index contributed by atoms with van der Waals surface area (Å²) >= 11 is 0. The largest absolute Gasteiger partial charge is 0.441 e. The molecule has 6 nitrogen and oxygen atoms in total. The lowest BCUT2D eigenvalue weighted by Crippen LogP contribution is -2.44. The molecule has 0 spiro atoms. The van der Waals surface area contributed by atoms with Crippen molar-refractivity contribution in [1.82, 2.24) is 13.6 Å². The van der Waals surface area contributed by atoms with Crippen LogP contribution in [0.3, 0.4) is 0 Å². The SMILES string of the molecule is O=S(=O)(N1CCCC1)N1CCc2oc(-c3ccccc3)nc2C1. The quantitative estimate of drug-likeness (QED) is 0.862. The summed E-state index contributed by atoms with van der Waals surface area (Å²) in [6, 6.07) is 9.69. The second-order valence-electron chi connectivity index (χ2n) is 5.95. The molecular formula is C16H19N3O3S. The van der Waals surface area contributed by atoms with Crippen LogP contribution in [0, 0.1) is 0 Å². The predicted molar refractivity (Wildman–Crippen MR) is 85.8 cm³/mol. The van der Waals surface area contributed by atoms with Crippen LogP contribution in [-0.4, -0.2) is 41.6 Å². The third-order valence-electron chi connectivity index (χ3n) is 4.43. The maximum Gasteiger partial charge on any atom is 0.282 e. The van der Waals surface area contributed by atoms with E-state index in [1.807, 2.05) is 30.3 Å². The van der Waals surface area contributed by atoms with Crippen molar-refractivity contribution in [2.24, 2.45) is 0 Å². The molecule has 4 rings (SSSR count). The lowest BCUT2D eigenvalue weighted by molar-refractivity contribution is 0.329. The van der Waals surface area contributed by atoms with E-state index in [-0.39, 0.29) is 0 Å². The van der Waals surface area contributed by atoms with Crippen molar-refractivity contribution in [1.29, 1.82) is 0 Å². The van der Waals surface area contributed by atoms with Gasteiger partial charge in [-0.25, -0.2) is 4.98 Å². The molecule has 122 valence electrons. The third kappa shape index (κ3) is 2.69. The van der Waals surface area contributed by atoms with E-state index in [9.17, 15) is 8.42 Å². The molecule has 2 aromatic rings. The lowest BCUT2D eigenvalue weighted by atomic mass is 10.2. The average molecular weight is 333 g/mol. The highest BCUT2D eigenvalue weighted by Crippen LogP contribution is 2.28. The summed E-state index contributed by atoms with van der Waals surface area (Å²) in [5.41, 5.74) is 1.65. The summed E-state index contributed by atoms with van der Waals surface area (Å²) in [4.78, 5) is 4.52. The zero-order chi connectivity index (χ0) is 15.9. The first-order valence-electron chi connectivity index (χ1n) is 7.94. The van der Waals surface area contributed by atoms with Gasteiger partial charge < -0.3 is 4.42 Å². The van der Waals surface area contributed by atoms with E-state index >= 15 is 0 Å². The fourth-order valence-corrected chi connectivity index (χ4v) is 4.81. The van der Waals surface area contributed by atoms with E-state index in [0.29, 0.717) is 38.5 Å². The minimum absolute atomic E-state index is 0.296. The van der Waals surface area contributed by atoms with Crippen molar-refractivity contribution in [2.75, 3.05) is 19.6 Å². The summed E-state index contributed by atoms with van der Waals surface area (Å²) < 4.78 is 34.3. The number of nitrogens with zero attached hydrogens (tertiary/aromatic N) is 3. The number of aromatic nitrogens is 1. The van der Waals surface area contributed by atoms with Crippen LogP contribution < -0.4 is 0 Å². The Morgan fingerprint density at radius 1 is 1.00 bits per heavy atom. The van der Waals surface area contributed by atoms with Gasteiger partial charge >= 0.3 is 0 Å². The minimum atomic E-state index is -3.37. The van der Waals surface area contributed by atoms with Crippen molar-refractivity contribution in [2.45, 2.75) is 25.8 Å². The van der Waals surface area contributed by atoms with Gasteiger partial charge in [0.2, 0.25) is 5.89 Å². The van der Waals surface area contributed by atoms with Gasteiger partial charge in [0, 0.05) is 31.6 Å². The van der Waals surface area contributed by atoms with Gasteiger partial charge in [-0.05, 0) is 25.0 Å². The Balaban J connectivity index is 1.59. The Morgan fingerprint density at radius 3 is 2.48 bits per heavy atom. The summed E-state index contributed by atoms with van der Waals surface area (Å²) in [5, 5.41) is 0. The van der Waals surface area contributed by atoms with Crippen LogP contribution in [0.1, 0.15) is 24.3 Å². The van der Waals surface area contributed by atoms with Crippen molar-refractivity contribution < 1.29 is 12.8 Å². The molecule has 0 N–H and O–H groups in total. The Kier molecular flexibility index (Phi) is 3.71. The van der Waals surface area contributed by atoms with Gasteiger partial charge in [0.15, 0.2) is 0 Å². The van der Waals surface area contributed by atoms with E-state index in [0.717, 1.165) is 29.9 Å². The van der Waals surface area contributed by atoms with Crippen LogP contribution in [0.4, 0.5) is 0 Å². The molecule has 0 unspecified atom stereocenters. The number of fused-ring (bicyclic) bond motifs is 1. The fraction of sp³-hybridized carbons (Fsp3) is 0.438. The van der Waals surface area contributed by atoms with E-state index in [4.69, 9.17) is 4.42 Å². The van der Waals surface area contributed by atoms with Gasteiger partial charge in [0.05, 0.1) is 12.2 Å². The van der Waals surface area contributed by atoms with Crippen LogP contribution in [0.5, 0.6) is 0 Å². The van der Waals surface area contributed by atoms with E-state index < -0.39 is 10.2 Å². The molecule has 0 saturated carbocycles. The van der Waals surface area contributed by atoms with E-state index in [1.54, 1.807) is 4.31 Å². The van der Waals surface area contributed by atoms with Crippen molar-refractivity contribution >= 4 is 10.2 Å². The molecule has 0 amide bonds. The van der Waals surface area contributed by atoms with Gasteiger partial charge in [-0.15, -0.1) is 0 Å². The van der Waals surface area contributed by atoms with Gasteiger partial charge in [-0.3, -0.25) is 0 Å². The molecule has 1 aromatic carbocycles. The standard InChI is InChI=1S/C16H19N3O3S/c20-23(21,18-9-4-5-10-18)19-11-8-15-14(12-19)17-16(22-15)13-6-2-1-3-7-13/h1-3,6-7H,4-5,8-12H2. The molecule has 0 bridgehead atoms. The third-order valence-corrected chi connectivity index (χ3v) is 6.41. The van der Waals surface area contributed by atoms with Gasteiger partial charge in [-0.1, -0.05) is 18.2 Å². The molecule has 0 radical (unpaired) electrons. The first-order valence-corrected chi connectivity index (χ1v) is 9.33. The number of hydrogen-bond acceptors (Lipinski definition) is 4. The second-order valence-corrected chi connectivity index (χ2v) is 7.88. The van der Waals surface area contributed by atoms with Crippen LogP contribution in [0.25, 0.3) is 11.5 Å². The number of benzene rings is 1. The molecule has 23 heavy (non-hydrogen) atoms. The molecule has 7 heteroatoms. The highest BCUT2D eigenvalue weighted by molar-refractivity contribution is 7.86. The molecule has 2 aliphatic rings. The molecule has 1 aromatic heterocycles. The van der Waals surface area contributed by atoms with Gasteiger partial charge in [0.25, 0.3) is 10.2 Å². The first kappa shape index (κ1) is 14.9. The topological polar surface area (TPSA) is 66.7 Å². The average Bonchev–Trinajstić information content (AvgIpc) is 3.24. The van der Waals surface area contributed by atoms with E-state index in [1.165, 1.54) is 4.31 Å². The van der Waals surface area contributed by atoms with Crippen LogP contribution in [0.15, 0.2) is 34.7 Å². The van der Waals surface area contributed by atoms with Crippen LogP contribution in [-0.2, 0) is 23.2 Å². The van der Waals surface area contributed by atoms with Crippen molar-refractivity contribution in [3.05, 3.63) is 41.8 Å². The Hall–Kier alpha value is -1.70.